The molecule has 0 bridgehead atoms. The average Bonchev–Trinajstić information content (AvgIpc) is 2.75. The maximum absolute atomic E-state index is 14.3. The molecule has 31 heavy (non-hydrogen) atoms. The van der Waals surface area contributed by atoms with Crippen molar-refractivity contribution in [3.63, 3.8) is 0 Å². The summed E-state index contributed by atoms with van der Waals surface area (Å²) < 4.78 is 57.5. The number of fused-ring (bicyclic) bond motifs is 1. The van der Waals surface area contributed by atoms with E-state index in [0.29, 0.717) is 54.2 Å². The molecule has 0 radical (unpaired) electrons. The molecule has 1 aliphatic rings. The van der Waals surface area contributed by atoms with Gasteiger partial charge in [0.2, 0.25) is 0 Å². The van der Waals surface area contributed by atoms with Crippen molar-refractivity contribution in [1.82, 2.24) is 14.9 Å². The Morgan fingerprint density at radius 2 is 1.90 bits per heavy atom. The van der Waals surface area contributed by atoms with Gasteiger partial charge in [0.25, 0.3) is 5.56 Å². The fourth-order valence-corrected chi connectivity index (χ4v) is 3.59. The van der Waals surface area contributed by atoms with Crippen LogP contribution in [0.1, 0.15) is 22.4 Å². The van der Waals surface area contributed by atoms with Crippen LogP contribution in [-0.4, -0.2) is 28.5 Å². The summed E-state index contributed by atoms with van der Waals surface area (Å²) in [7, 11) is 1.47. The van der Waals surface area contributed by atoms with Gasteiger partial charge in [0.15, 0.2) is 0 Å². The molecular weight excluding hydrogens is 414 g/mol. The molecule has 0 fully saturated rings. The number of alkyl halides is 3. The van der Waals surface area contributed by atoms with E-state index < -0.39 is 11.7 Å². The minimum Gasteiger partial charge on any atom is -0.497 e. The molecule has 0 atom stereocenters. The number of ether oxygens (including phenoxy) is 1. The molecule has 2 heterocycles. The lowest BCUT2D eigenvalue weighted by molar-refractivity contribution is -0.137. The topological polar surface area (TPSA) is 58.2 Å². The van der Waals surface area contributed by atoms with Crippen LogP contribution in [0.2, 0.25) is 0 Å². The predicted molar refractivity (Wildman–Crippen MR) is 106 cm³/mol. The number of aromatic amines is 1. The monoisotopic (exact) mass is 433 g/mol. The summed E-state index contributed by atoms with van der Waals surface area (Å²) >= 11 is 0. The molecule has 3 aromatic rings. The Kier molecular flexibility index (Phi) is 5.53. The SMILES string of the molecule is COc1ccc(CN2CCc3nc(-c4ccc(C(F)(F)F)cc4)[nH]c(=O)c3C2)c(F)c1. The van der Waals surface area contributed by atoms with Gasteiger partial charge in [0.05, 0.1) is 23.9 Å². The second-order valence-corrected chi connectivity index (χ2v) is 7.33. The third-order valence-electron chi connectivity index (χ3n) is 5.29. The molecule has 2 aromatic carbocycles. The minimum atomic E-state index is -4.43. The molecule has 0 spiro atoms. The Morgan fingerprint density at radius 1 is 1.16 bits per heavy atom. The molecule has 9 heteroatoms. The van der Waals surface area contributed by atoms with Crippen LogP contribution in [0.15, 0.2) is 47.3 Å². The summed E-state index contributed by atoms with van der Waals surface area (Å²) in [6.45, 7) is 1.20. The lowest BCUT2D eigenvalue weighted by Crippen LogP contribution is -2.35. The van der Waals surface area contributed by atoms with E-state index in [9.17, 15) is 22.4 Å². The Morgan fingerprint density at radius 3 is 2.55 bits per heavy atom. The van der Waals surface area contributed by atoms with Gasteiger partial charge in [0.1, 0.15) is 17.4 Å². The Balaban J connectivity index is 1.54. The van der Waals surface area contributed by atoms with Gasteiger partial charge in [-0.05, 0) is 18.2 Å². The Labute approximate surface area is 175 Å². The van der Waals surface area contributed by atoms with Crippen LogP contribution in [-0.2, 0) is 25.7 Å². The highest BCUT2D eigenvalue weighted by atomic mass is 19.4. The lowest BCUT2D eigenvalue weighted by Gasteiger charge is -2.28. The van der Waals surface area contributed by atoms with E-state index in [-0.39, 0.29) is 17.2 Å². The Bertz CT molecular complexity index is 1160. The van der Waals surface area contributed by atoms with Gasteiger partial charge < -0.3 is 9.72 Å². The van der Waals surface area contributed by atoms with Crippen molar-refractivity contribution in [2.24, 2.45) is 0 Å². The summed E-state index contributed by atoms with van der Waals surface area (Å²) in [5.41, 5.74) is 0.865. The van der Waals surface area contributed by atoms with Gasteiger partial charge >= 0.3 is 6.18 Å². The number of hydrogen-bond donors (Lipinski definition) is 1. The standard InChI is InChI=1S/C22H19F4N3O2/c1-31-16-7-4-14(18(23)10-16)11-29-9-8-19-17(12-29)21(30)28-20(27-19)13-2-5-15(6-3-13)22(24,25)26/h2-7,10H,8-9,11-12H2,1H3,(H,27,28,30). The molecule has 1 aliphatic heterocycles. The van der Waals surface area contributed by atoms with Crippen LogP contribution in [0.4, 0.5) is 17.6 Å². The first kappa shape index (κ1) is 21.0. The van der Waals surface area contributed by atoms with Crippen molar-refractivity contribution in [3.8, 4) is 17.1 Å². The van der Waals surface area contributed by atoms with E-state index in [2.05, 4.69) is 9.97 Å². The first-order chi connectivity index (χ1) is 14.7. The van der Waals surface area contributed by atoms with E-state index >= 15 is 0 Å². The van der Waals surface area contributed by atoms with Crippen LogP contribution in [0.5, 0.6) is 5.75 Å². The highest BCUT2D eigenvalue weighted by Crippen LogP contribution is 2.30. The number of hydrogen-bond acceptors (Lipinski definition) is 4. The third-order valence-corrected chi connectivity index (χ3v) is 5.29. The zero-order chi connectivity index (χ0) is 22.2. The van der Waals surface area contributed by atoms with Crippen molar-refractivity contribution in [2.75, 3.05) is 13.7 Å². The quantitative estimate of drug-likeness (QED) is 0.628. The summed E-state index contributed by atoms with van der Waals surface area (Å²) in [6, 6.07) is 9.14. The number of aromatic nitrogens is 2. The number of nitrogens with one attached hydrogen (secondary N) is 1. The largest absolute Gasteiger partial charge is 0.497 e. The van der Waals surface area contributed by atoms with Crippen LogP contribution in [0.25, 0.3) is 11.4 Å². The van der Waals surface area contributed by atoms with E-state index in [4.69, 9.17) is 4.74 Å². The molecule has 0 saturated heterocycles. The van der Waals surface area contributed by atoms with E-state index in [1.807, 2.05) is 4.90 Å². The summed E-state index contributed by atoms with van der Waals surface area (Å²) in [4.78, 5) is 21.7. The van der Waals surface area contributed by atoms with Crippen LogP contribution < -0.4 is 10.3 Å². The highest BCUT2D eigenvalue weighted by Gasteiger charge is 2.30. The first-order valence-electron chi connectivity index (χ1n) is 9.59. The lowest BCUT2D eigenvalue weighted by atomic mass is 10.0. The van der Waals surface area contributed by atoms with Gasteiger partial charge in [-0.25, -0.2) is 9.37 Å². The fourth-order valence-electron chi connectivity index (χ4n) is 3.59. The molecule has 1 aromatic heterocycles. The second kappa shape index (κ2) is 8.14. The van der Waals surface area contributed by atoms with Crippen molar-refractivity contribution in [2.45, 2.75) is 25.7 Å². The number of nitrogens with zero attached hydrogens (tertiary/aromatic N) is 2. The fraction of sp³-hybridized carbons (Fsp3) is 0.273. The zero-order valence-corrected chi connectivity index (χ0v) is 16.6. The molecule has 0 saturated carbocycles. The predicted octanol–water partition coefficient (Wildman–Crippen LogP) is 4.16. The van der Waals surface area contributed by atoms with Crippen molar-refractivity contribution in [1.29, 1.82) is 0 Å². The third kappa shape index (κ3) is 4.46. The second-order valence-electron chi connectivity index (χ2n) is 7.33. The maximum Gasteiger partial charge on any atom is 0.416 e. The number of rotatable bonds is 4. The molecule has 5 nitrogen and oxygen atoms in total. The molecule has 4 rings (SSSR count). The molecular formula is C22H19F4N3O2. The van der Waals surface area contributed by atoms with Crippen molar-refractivity contribution >= 4 is 0 Å². The summed E-state index contributed by atoms with van der Waals surface area (Å²) in [6.07, 6.45) is -3.95. The number of methoxy groups -OCH3 is 1. The van der Waals surface area contributed by atoms with E-state index in [1.54, 1.807) is 12.1 Å². The van der Waals surface area contributed by atoms with Gasteiger partial charge in [-0.3, -0.25) is 9.69 Å². The van der Waals surface area contributed by atoms with Crippen LogP contribution in [0, 0.1) is 5.82 Å². The summed E-state index contributed by atoms with van der Waals surface area (Å²) in [5.74, 6) is 0.281. The molecule has 0 aliphatic carbocycles. The molecule has 1 N–H and O–H groups in total. The zero-order valence-electron chi connectivity index (χ0n) is 16.6. The van der Waals surface area contributed by atoms with Crippen LogP contribution in [0.3, 0.4) is 0 Å². The van der Waals surface area contributed by atoms with Crippen LogP contribution >= 0.6 is 0 Å². The smallest absolute Gasteiger partial charge is 0.416 e. The average molecular weight is 433 g/mol. The normalized spacial score (nSPS) is 14.4. The number of halogens is 4. The number of H-pyrrole nitrogens is 1. The maximum atomic E-state index is 14.3. The molecule has 0 amide bonds. The first-order valence-corrected chi connectivity index (χ1v) is 9.59. The van der Waals surface area contributed by atoms with Gasteiger partial charge in [-0.15, -0.1) is 0 Å². The summed E-state index contributed by atoms with van der Waals surface area (Å²) in [5, 5.41) is 0. The van der Waals surface area contributed by atoms with Gasteiger partial charge in [0, 0.05) is 43.2 Å². The van der Waals surface area contributed by atoms with Gasteiger partial charge in [-0.2, -0.15) is 13.2 Å². The Hall–Kier alpha value is -3.20. The molecule has 0 unspecified atom stereocenters. The van der Waals surface area contributed by atoms with E-state index in [1.165, 1.54) is 25.3 Å². The number of benzene rings is 2. The highest BCUT2D eigenvalue weighted by molar-refractivity contribution is 5.56. The van der Waals surface area contributed by atoms with Crippen molar-refractivity contribution in [3.05, 3.63) is 81.0 Å². The minimum absolute atomic E-state index is 0.229. The van der Waals surface area contributed by atoms with E-state index in [0.717, 1.165) is 12.1 Å². The molecule has 162 valence electrons. The van der Waals surface area contributed by atoms with Gasteiger partial charge in [-0.1, -0.05) is 18.2 Å². The van der Waals surface area contributed by atoms with Crippen molar-refractivity contribution < 1.29 is 22.3 Å².